The molecule has 8 nitrogen and oxygen atoms in total. The largest absolute Gasteiger partial charge is 0.382 e. The van der Waals surface area contributed by atoms with Gasteiger partial charge in [-0.2, -0.15) is 0 Å². The molecule has 1 aromatic rings. The normalized spacial score (nSPS) is 20.0. The monoisotopic (exact) mass is 347 g/mol. The molecule has 0 aromatic carbocycles. The molecule has 1 amide bonds. The number of fused-ring (bicyclic) bond motifs is 1. The van der Waals surface area contributed by atoms with Gasteiger partial charge in [0.25, 0.3) is 11.5 Å². The van der Waals surface area contributed by atoms with Crippen molar-refractivity contribution in [2.75, 3.05) is 32.1 Å². The summed E-state index contributed by atoms with van der Waals surface area (Å²) < 4.78 is 0. The highest BCUT2D eigenvalue weighted by molar-refractivity contribution is 5.93. The molecular weight excluding hydrogens is 322 g/mol. The first kappa shape index (κ1) is 17.4. The van der Waals surface area contributed by atoms with Crippen molar-refractivity contribution in [3.05, 3.63) is 21.6 Å². The van der Waals surface area contributed by atoms with Gasteiger partial charge in [0, 0.05) is 45.6 Å². The van der Waals surface area contributed by atoms with Gasteiger partial charge in [-0.3, -0.25) is 14.6 Å². The van der Waals surface area contributed by atoms with Gasteiger partial charge in [0.1, 0.15) is 0 Å². The molecule has 0 fully saturated rings. The smallest absolute Gasteiger partial charge is 0.266 e. The summed E-state index contributed by atoms with van der Waals surface area (Å²) in [6.45, 7) is 5.11. The summed E-state index contributed by atoms with van der Waals surface area (Å²) in [5, 5.41) is 4.04. The number of nitrogens with zero attached hydrogens (tertiary/aromatic N) is 4. The maximum Gasteiger partial charge on any atom is 0.266 e. The number of carbonyl (C=O) groups is 1. The van der Waals surface area contributed by atoms with Gasteiger partial charge in [0.15, 0.2) is 0 Å². The number of oxime groups is 1. The standard InChI is InChI=1S/C17H25N5O3/c1-10(2)13-9-14(25-20-13)16(24)22-7-5-11-12(6-8-22)18-17(21(3)4)19-15(11)23/h10,14H,5-9H2,1-4H3,(H,18,19,23). The van der Waals surface area contributed by atoms with Crippen molar-refractivity contribution in [3.8, 4) is 0 Å². The number of aromatic nitrogens is 2. The molecule has 2 aliphatic heterocycles. The lowest BCUT2D eigenvalue weighted by atomic mass is 10.0. The maximum absolute atomic E-state index is 12.7. The molecule has 0 saturated heterocycles. The number of rotatable bonds is 3. The minimum Gasteiger partial charge on any atom is -0.382 e. The molecule has 0 saturated carbocycles. The second-order valence-corrected chi connectivity index (χ2v) is 7.07. The zero-order valence-corrected chi connectivity index (χ0v) is 15.2. The van der Waals surface area contributed by atoms with Crippen molar-refractivity contribution < 1.29 is 9.63 Å². The molecule has 0 bridgehead atoms. The van der Waals surface area contributed by atoms with Gasteiger partial charge in [0.2, 0.25) is 12.1 Å². The Labute approximate surface area is 146 Å². The maximum atomic E-state index is 12.7. The van der Waals surface area contributed by atoms with Gasteiger partial charge in [0.05, 0.1) is 11.4 Å². The number of carbonyl (C=O) groups excluding carboxylic acids is 1. The molecule has 1 atom stereocenters. The summed E-state index contributed by atoms with van der Waals surface area (Å²) in [5.74, 6) is 0.757. The summed E-state index contributed by atoms with van der Waals surface area (Å²) in [6.07, 6.45) is 1.07. The third kappa shape index (κ3) is 3.52. The molecule has 8 heteroatoms. The Morgan fingerprint density at radius 2 is 2.04 bits per heavy atom. The average Bonchev–Trinajstić information content (AvgIpc) is 2.96. The number of nitrogens with one attached hydrogen (secondary N) is 1. The third-order valence-corrected chi connectivity index (χ3v) is 4.71. The number of hydrogen-bond donors (Lipinski definition) is 1. The van der Waals surface area contributed by atoms with E-state index in [-0.39, 0.29) is 17.4 Å². The quantitative estimate of drug-likeness (QED) is 0.863. The van der Waals surface area contributed by atoms with E-state index in [1.807, 2.05) is 27.9 Å². The fourth-order valence-corrected chi connectivity index (χ4v) is 3.10. The predicted molar refractivity (Wildman–Crippen MR) is 94.9 cm³/mol. The lowest BCUT2D eigenvalue weighted by Crippen LogP contribution is -2.41. The number of hydrogen-bond acceptors (Lipinski definition) is 6. The summed E-state index contributed by atoms with van der Waals surface area (Å²) >= 11 is 0. The van der Waals surface area contributed by atoms with Gasteiger partial charge in [-0.1, -0.05) is 19.0 Å². The van der Waals surface area contributed by atoms with Crippen molar-refractivity contribution in [2.45, 2.75) is 39.2 Å². The van der Waals surface area contributed by atoms with Crippen LogP contribution >= 0.6 is 0 Å². The lowest BCUT2D eigenvalue weighted by Gasteiger charge is -2.22. The molecule has 1 aromatic heterocycles. The van der Waals surface area contributed by atoms with Gasteiger partial charge < -0.3 is 14.6 Å². The minimum absolute atomic E-state index is 0.0588. The number of H-pyrrole nitrogens is 1. The Morgan fingerprint density at radius 1 is 1.32 bits per heavy atom. The zero-order chi connectivity index (χ0) is 18.1. The highest BCUT2D eigenvalue weighted by Gasteiger charge is 2.33. The summed E-state index contributed by atoms with van der Waals surface area (Å²) in [5.41, 5.74) is 2.25. The Kier molecular flexibility index (Phi) is 4.78. The van der Waals surface area contributed by atoms with E-state index in [2.05, 4.69) is 15.1 Å². The third-order valence-electron chi connectivity index (χ3n) is 4.71. The fraction of sp³-hybridized carbons (Fsp3) is 0.647. The van der Waals surface area contributed by atoms with Crippen LogP contribution in [0.1, 0.15) is 31.5 Å². The van der Waals surface area contributed by atoms with E-state index in [1.165, 1.54) is 0 Å². The predicted octanol–water partition coefficient (Wildman–Crippen LogP) is 0.564. The van der Waals surface area contributed by atoms with Crippen LogP contribution in [0.5, 0.6) is 0 Å². The van der Waals surface area contributed by atoms with Crippen molar-refractivity contribution in [2.24, 2.45) is 11.1 Å². The first-order chi connectivity index (χ1) is 11.9. The van der Waals surface area contributed by atoms with Gasteiger partial charge >= 0.3 is 0 Å². The van der Waals surface area contributed by atoms with Crippen LogP contribution in [-0.2, 0) is 22.5 Å². The number of anilines is 1. The molecule has 0 aliphatic carbocycles. The van der Waals surface area contributed by atoms with Crippen LogP contribution in [0.15, 0.2) is 9.95 Å². The van der Waals surface area contributed by atoms with Crippen molar-refractivity contribution >= 4 is 17.6 Å². The topological polar surface area (TPSA) is 90.9 Å². The molecule has 0 radical (unpaired) electrons. The van der Waals surface area contributed by atoms with E-state index in [9.17, 15) is 9.59 Å². The molecule has 3 rings (SSSR count). The zero-order valence-electron chi connectivity index (χ0n) is 15.2. The molecule has 3 heterocycles. The van der Waals surface area contributed by atoms with Crippen LogP contribution < -0.4 is 10.5 Å². The van der Waals surface area contributed by atoms with Crippen molar-refractivity contribution in [1.29, 1.82) is 0 Å². The summed E-state index contributed by atoms with van der Waals surface area (Å²) in [6, 6.07) is 0. The fourth-order valence-electron chi connectivity index (χ4n) is 3.10. The van der Waals surface area contributed by atoms with E-state index < -0.39 is 6.10 Å². The minimum atomic E-state index is -0.540. The van der Waals surface area contributed by atoms with E-state index in [1.54, 1.807) is 9.80 Å². The van der Waals surface area contributed by atoms with E-state index in [0.29, 0.717) is 43.9 Å². The lowest BCUT2D eigenvalue weighted by molar-refractivity contribution is -0.142. The van der Waals surface area contributed by atoms with Crippen LogP contribution in [0.3, 0.4) is 0 Å². The van der Waals surface area contributed by atoms with Crippen LogP contribution in [0.4, 0.5) is 5.95 Å². The molecule has 2 aliphatic rings. The number of amides is 1. The first-order valence-corrected chi connectivity index (χ1v) is 8.67. The molecular formula is C17H25N5O3. The Balaban J connectivity index is 1.71. The second-order valence-electron chi connectivity index (χ2n) is 7.07. The van der Waals surface area contributed by atoms with E-state index >= 15 is 0 Å². The van der Waals surface area contributed by atoms with Crippen LogP contribution in [0.25, 0.3) is 0 Å². The Morgan fingerprint density at radius 3 is 2.68 bits per heavy atom. The van der Waals surface area contributed by atoms with Gasteiger partial charge in [-0.15, -0.1) is 0 Å². The first-order valence-electron chi connectivity index (χ1n) is 8.67. The molecule has 0 spiro atoms. The molecule has 25 heavy (non-hydrogen) atoms. The van der Waals surface area contributed by atoms with Gasteiger partial charge in [-0.25, -0.2) is 4.98 Å². The Hall–Kier alpha value is -2.38. The van der Waals surface area contributed by atoms with Gasteiger partial charge in [-0.05, 0) is 12.3 Å². The highest BCUT2D eigenvalue weighted by atomic mass is 16.6. The summed E-state index contributed by atoms with van der Waals surface area (Å²) in [4.78, 5) is 41.3. The van der Waals surface area contributed by atoms with E-state index in [0.717, 1.165) is 11.4 Å². The SMILES string of the molecule is CC(C)C1=NOC(C(=O)N2CCc3nc(N(C)C)[nH]c(=O)c3CC2)C1. The van der Waals surface area contributed by atoms with Crippen LogP contribution in [0.2, 0.25) is 0 Å². The van der Waals surface area contributed by atoms with Crippen LogP contribution in [0, 0.1) is 5.92 Å². The van der Waals surface area contributed by atoms with Crippen molar-refractivity contribution in [3.63, 3.8) is 0 Å². The van der Waals surface area contributed by atoms with E-state index in [4.69, 9.17) is 4.84 Å². The second kappa shape index (κ2) is 6.85. The number of aromatic amines is 1. The van der Waals surface area contributed by atoms with Crippen LogP contribution in [-0.4, -0.2) is 59.8 Å². The highest BCUT2D eigenvalue weighted by Crippen LogP contribution is 2.20. The Bertz CT molecular complexity index is 753. The van der Waals surface area contributed by atoms with Crippen molar-refractivity contribution in [1.82, 2.24) is 14.9 Å². The average molecular weight is 347 g/mol. The molecule has 1 N–H and O–H groups in total. The molecule has 1 unspecified atom stereocenters. The molecule has 136 valence electrons. The summed E-state index contributed by atoms with van der Waals surface area (Å²) in [7, 11) is 3.67.